The molecule has 0 saturated heterocycles. The van der Waals surface area contributed by atoms with Crippen molar-refractivity contribution in [3.05, 3.63) is 167 Å². The van der Waals surface area contributed by atoms with Crippen molar-refractivity contribution in [2.75, 3.05) is 0 Å². The molecule has 6 rings (SSSR count). The third-order valence-corrected chi connectivity index (χ3v) is 18.7. The van der Waals surface area contributed by atoms with E-state index in [1.807, 2.05) is 159 Å². The van der Waals surface area contributed by atoms with Crippen LogP contribution < -0.4 is 7.16 Å². The van der Waals surface area contributed by atoms with Gasteiger partial charge in [0.25, 0.3) is 0 Å². The Bertz CT molecular complexity index is 1590. The van der Waals surface area contributed by atoms with Crippen LogP contribution in [-0.2, 0) is 34.1 Å². The Labute approximate surface area is 308 Å². The monoisotopic (exact) mass is 862 g/mol. The van der Waals surface area contributed by atoms with Gasteiger partial charge in [0.2, 0.25) is 0 Å². The summed E-state index contributed by atoms with van der Waals surface area (Å²) in [5, 5.41) is 1.29. The maximum Gasteiger partial charge on any atom is 0 e. The standard InChI is InChI=1S/2C13H10ClN.2C5H5.2ClH.2Fe.Sn/c2*1-10(11-5-2-3-6-11)15-13-8-4-7-12(14)9-13;2*1-2-4-5-3-1;;;;;/h2*2-5,7-9H,1H3;2*1-5H;2*1H;;;/q-5;3*-1;;;;;+2/p-2. The molecule has 9 heteroatoms. The molecule has 0 aromatic heterocycles. The van der Waals surface area contributed by atoms with Crippen molar-refractivity contribution in [2.45, 2.75) is 13.8 Å². The molecular formula is C36H30Cl4Fe2N2Sn-8. The van der Waals surface area contributed by atoms with Crippen LogP contribution in [-0.4, -0.2) is 27.5 Å². The van der Waals surface area contributed by atoms with Gasteiger partial charge in [-0.25, -0.2) is 24.3 Å². The van der Waals surface area contributed by atoms with E-state index in [2.05, 4.69) is 0 Å². The summed E-state index contributed by atoms with van der Waals surface area (Å²) in [4.78, 5) is 9.50. The van der Waals surface area contributed by atoms with Crippen molar-refractivity contribution in [1.82, 2.24) is 0 Å². The second-order valence-corrected chi connectivity index (χ2v) is 25.7. The fourth-order valence-corrected chi connectivity index (χ4v) is 15.2. The average molecular weight is 863 g/mol. The van der Waals surface area contributed by atoms with Crippen LogP contribution in [0.1, 0.15) is 25.0 Å². The number of rotatable bonds is 6. The van der Waals surface area contributed by atoms with E-state index in [0.29, 0.717) is 10.0 Å². The minimum Gasteiger partial charge on any atom is -0.214 e. The Balaban J connectivity index is 0.000000498. The predicted molar refractivity (Wildman–Crippen MR) is 192 cm³/mol. The Morgan fingerprint density at radius 2 is 1.22 bits per heavy atom. The van der Waals surface area contributed by atoms with Crippen LogP contribution in [0, 0.1) is 0 Å². The van der Waals surface area contributed by atoms with Gasteiger partial charge >= 0.3 is 217 Å². The zero-order valence-corrected chi connectivity index (χ0v) is 32.6. The van der Waals surface area contributed by atoms with E-state index in [0.717, 1.165) is 41.1 Å². The Morgan fingerprint density at radius 3 is 1.71 bits per heavy atom. The van der Waals surface area contributed by atoms with E-state index in [4.69, 9.17) is 51.0 Å². The van der Waals surface area contributed by atoms with Gasteiger partial charge in [0, 0.05) is 34.1 Å². The first-order chi connectivity index (χ1) is 20.8. The second-order valence-electron chi connectivity index (χ2n) is 9.56. The molecule has 240 valence electrons. The van der Waals surface area contributed by atoms with Crippen LogP contribution in [0.3, 0.4) is 0 Å². The fraction of sp³-hybridized carbons (Fsp3) is 0.0556. The van der Waals surface area contributed by atoms with Crippen LogP contribution in [0.4, 0.5) is 11.4 Å². The number of aliphatic imine (C=N–C) groups is 2. The molecule has 0 N–H and O–H groups in total. The van der Waals surface area contributed by atoms with Crippen LogP contribution in [0.15, 0.2) is 156 Å². The van der Waals surface area contributed by atoms with Gasteiger partial charge in [-0.15, -0.1) is 0 Å². The first kappa shape index (κ1) is 39.4. The van der Waals surface area contributed by atoms with Gasteiger partial charge < -0.3 is 0 Å². The zero-order chi connectivity index (χ0) is 30.7. The molecule has 0 aliphatic heterocycles. The fourth-order valence-electron chi connectivity index (χ4n) is 4.40. The maximum atomic E-state index is 7.25. The van der Waals surface area contributed by atoms with Gasteiger partial charge in [-0.3, -0.25) is 0 Å². The Hall–Kier alpha value is -1.82. The summed E-state index contributed by atoms with van der Waals surface area (Å²) in [6.07, 6.45) is 0. The van der Waals surface area contributed by atoms with E-state index in [1.54, 1.807) is 0 Å². The summed E-state index contributed by atoms with van der Waals surface area (Å²) >= 11 is 8.23. The van der Waals surface area contributed by atoms with E-state index in [1.165, 1.54) is 0 Å². The number of hydrogen-bond acceptors (Lipinski definition) is 2. The SMILES string of the molecule is CC(=Nc1cccc(Cl)c1)c1ccc[c-]1[Sn]([Cl])([Cl])[c-]1[cH-][cH-][cH-][c-]1C(C)=Nc1cccc(Cl)c1.[Fe].[Fe].c1cc[cH-]c1.c1cc[cH-]c1. The summed E-state index contributed by atoms with van der Waals surface area (Å²) in [5.41, 5.74) is 5.19. The number of nitrogens with zero attached hydrogens (tertiary/aromatic N) is 2. The van der Waals surface area contributed by atoms with E-state index >= 15 is 0 Å². The van der Waals surface area contributed by atoms with Gasteiger partial charge in [-0.2, -0.15) is 36.4 Å². The smallest absolute Gasteiger partial charge is 0 e. The van der Waals surface area contributed by atoms with Crippen LogP contribution in [0.2, 0.25) is 10.0 Å². The summed E-state index contributed by atoms with van der Waals surface area (Å²) in [6, 6.07) is 46.9. The number of benzene rings is 2. The summed E-state index contributed by atoms with van der Waals surface area (Å²) in [5.74, 6) is 0. The van der Waals surface area contributed by atoms with Gasteiger partial charge in [0.05, 0.1) is 0 Å². The molecule has 0 aliphatic carbocycles. The normalized spacial score (nSPS) is 11.2. The third kappa shape index (κ3) is 11.7. The van der Waals surface area contributed by atoms with Gasteiger partial charge in [0.1, 0.15) is 0 Å². The number of hydrogen-bond donors (Lipinski definition) is 0. The average Bonchev–Trinajstić information content (AvgIpc) is 3.82. The van der Waals surface area contributed by atoms with Crippen molar-refractivity contribution >= 4 is 87.1 Å². The van der Waals surface area contributed by atoms with Gasteiger partial charge in [-0.1, -0.05) is 0 Å². The van der Waals surface area contributed by atoms with Crippen LogP contribution in [0.5, 0.6) is 0 Å². The molecule has 0 heterocycles. The molecule has 0 spiro atoms. The molecule has 6 aromatic rings. The molecule has 0 bridgehead atoms. The van der Waals surface area contributed by atoms with Crippen molar-refractivity contribution in [3.8, 4) is 0 Å². The molecule has 0 atom stereocenters. The Kier molecular flexibility index (Phi) is 17.3. The first-order valence-corrected chi connectivity index (χ1v) is 24.5. The van der Waals surface area contributed by atoms with Crippen molar-refractivity contribution in [3.63, 3.8) is 0 Å². The molecule has 0 amide bonds. The molecule has 0 unspecified atom stereocenters. The van der Waals surface area contributed by atoms with Gasteiger partial charge in [-0.05, 0) is 0 Å². The molecule has 0 radical (unpaired) electrons. The second kappa shape index (κ2) is 19.7. The molecule has 6 aromatic carbocycles. The van der Waals surface area contributed by atoms with Crippen LogP contribution >= 0.6 is 41.0 Å². The molecule has 0 saturated carbocycles. The summed E-state index contributed by atoms with van der Waals surface area (Å²) < 4.78 is 1.94. The predicted octanol–water partition coefficient (Wildman–Crippen LogP) is 10.6. The zero-order valence-electron chi connectivity index (χ0n) is 24.5. The van der Waals surface area contributed by atoms with Crippen LogP contribution in [0.25, 0.3) is 0 Å². The molecule has 2 nitrogen and oxygen atoms in total. The molecule has 0 aliphatic rings. The van der Waals surface area contributed by atoms with Gasteiger partial charge in [0.15, 0.2) is 0 Å². The third-order valence-electron chi connectivity index (χ3n) is 6.41. The molecule has 45 heavy (non-hydrogen) atoms. The Morgan fingerprint density at radius 1 is 0.689 bits per heavy atom. The quantitative estimate of drug-likeness (QED) is 0.0906. The summed E-state index contributed by atoms with van der Waals surface area (Å²) in [6.45, 7) is 3.93. The van der Waals surface area contributed by atoms with E-state index < -0.39 is 16.1 Å². The van der Waals surface area contributed by atoms with E-state index in [-0.39, 0.29) is 34.1 Å². The van der Waals surface area contributed by atoms with Crippen molar-refractivity contribution in [1.29, 1.82) is 0 Å². The molecule has 0 fully saturated rings. The first-order valence-electron chi connectivity index (χ1n) is 13.6. The minimum absolute atomic E-state index is 0. The minimum atomic E-state index is -4.01. The molecular weight excluding hydrogens is 833 g/mol. The van der Waals surface area contributed by atoms with E-state index in [9.17, 15) is 0 Å². The van der Waals surface area contributed by atoms with Crippen molar-refractivity contribution < 1.29 is 34.1 Å². The number of halogens is 4. The largest absolute Gasteiger partial charge is 0.214 e. The summed E-state index contributed by atoms with van der Waals surface area (Å²) in [7, 11) is 14.5. The topological polar surface area (TPSA) is 24.7 Å². The maximum absolute atomic E-state index is 7.25. The van der Waals surface area contributed by atoms with Crippen molar-refractivity contribution in [2.24, 2.45) is 9.98 Å².